The van der Waals surface area contributed by atoms with Crippen LogP contribution < -0.4 is 15.1 Å². The molecular formula is C20H26N2O3. The minimum Gasteiger partial charge on any atom is -0.489 e. The lowest BCUT2D eigenvalue weighted by Crippen LogP contribution is -2.36. The topological polar surface area (TPSA) is 61.8 Å². The van der Waals surface area contributed by atoms with Gasteiger partial charge in [0.2, 0.25) is 0 Å². The number of rotatable bonds is 6. The lowest BCUT2D eigenvalue weighted by atomic mass is 10.1. The fraction of sp³-hybridized carbons (Fsp3) is 0.350. The van der Waals surface area contributed by atoms with Gasteiger partial charge in [-0.3, -0.25) is 5.21 Å². The smallest absolute Gasteiger partial charge is 0.345 e. The van der Waals surface area contributed by atoms with Crippen molar-refractivity contribution in [3.8, 4) is 5.75 Å². The van der Waals surface area contributed by atoms with Crippen molar-refractivity contribution < 1.29 is 14.7 Å². The number of anilines is 1. The van der Waals surface area contributed by atoms with E-state index in [9.17, 15) is 10.0 Å². The average molecular weight is 342 g/mol. The number of hydroxylamine groups is 1. The van der Waals surface area contributed by atoms with Crippen molar-refractivity contribution in [3.63, 3.8) is 0 Å². The Kier molecular flexibility index (Phi) is 6.42. The molecule has 25 heavy (non-hydrogen) atoms. The van der Waals surface area contributed by atoms with E-state index >= 15 is 0 Å². The first-order valence-electron chi connectivity index (χ1n) is 8.55. The highest BCUT2D eigenvalue weighted by molar-refractivity contribution is 5.90. The summed E-state index contributed by atoms with van der Waals surface area (Å²) >= 11 is 0. The summed E-state index contributed by atoms with van der Waals surface area (Å²) in [5.41, 5.74) is 4.53. The maximum Gasteiger partial charge on any atom is 0.345 e. The number of hydrogen-bond donors (Lipinski definition) is 2. The van der Waals surface area contributed by atoms with E-state index in [0.29, 0.717) is 10.8 Å². The molecule has 0 unspecified atom stereocenters. The largest absolute Gasteiger partial charge is 0.489 e. The lowest BCUT2D eigenvalue weighted by molar-refractivity contribution is 0.205. The van der Waals surface area contributed by atoms with Gasteiger partial charge in [0.25, 0.3) is 0 Å². The molecule has 0 saturated heterocycles. The van der Waals surface area contributed by atoms with E-state index in [-0.39, 0.29) is 6.61 Å². The van der Waals surface area contributed by atoms with Crippen molar-refractivity contribution in [3.05, 3.63) is 58.7 Å². The standard InChI is InChI=1S/C20H26N2O3/c1-5-15-8-10-19(14(3)11-15)25-13-17-9-7-16(6-2)12-18(17)22(24)20(23)21-4/h7-12,24H,5-6,13H2,1-4H3,(H,21,23). The number of nitrogens with one attached hydrogen (secondary N) is 1. The quantitative estimate of drug-likeness (QED) is 0.610. The Morgan fingerprint density at radius 1 is 1.12 bits per heavy atom. The fourth-order valence-corrected chi connectivity index (χ4v) is 2.61. The number of aryl methyl sites for hydroxylation is 3. The Balaban J connectivity index is 2.25. The number of urea groups is 1. The first-order valence-corrected chi connectivity index (χ1v) is 8.55. The third kappa shape index (κ3) is 4.51. The Morgan fingerprint density at radius 3 is 2.36 bits per heavy atom. The zero-order valence-corrected chi connectivity index (χ0v) is 15.3. The van der Waals surface area contributed by atoms with Crippen LogP contribution in [-0.2, 0) is 19.4 Å². The maximum absolute atomic E-state index is 11.8. The first kappa shape index (κ1) is 18.8. The number of hydrogen-bond acceptors (Lipinski definition) is 3. The van der Waals surface area contributed by atoms with E-state index in [4.69, 9.17) is 4.74 Å². The third-order valence-electron chi connectivity index (χ3n) is 4.22. The second-order valence-electron chi connectivity index (χ2n) is 5.93. The number of carbonyl (C=O) groups excluding carboxylic acids is 1. The maximum atomic E-state index is 11.8. The van der Waals surface area contributed by atoms with Gasteiger partial charge in [0.15, 0.2) is 0 Å². The monoisotopic (exact) mass is 342 g/mol. The molecule has 0 atom stereocenters. The normalized spacial score (nSPS) is 10.4. The third-order valence-corrected chi connectivity index (χ3v) is 4.22. The molecule has 0 heterocycles. The Labute approximate surface area is 149 Å². The van der Waals surface area contributed by atoms with Crippen molar-refractivity contribution in [2.45, 2.75) is 40.2 Å². The van der Waals surface area contributed by atoms with Crippen LogP contribution in [0.25, 0.3) is 0 Å². The van der Waals surface area contributed by atoms with Crippen LogP contribution in [0.4, 0.5) is 10.5 Å². The van der Waals surface area contributed by atoms with Crippen LogP contribution in [-0.4, -0.2) is 18.3 Å². The van der Waals surface area contributed by atoms with E-state index < -0.39 is 6.03 Å². The van der Waals surface area contributed by atoms with Crippen molar-refractivity contribution in [1.82, 2.24) is 5.32 Å². The highest BCUT2D eigenvalue weighted by atomic mass is 16.5. The molecule has 5 nitrogen and oxygen atoms in total. The van der Waals surface area contributed by atoms with Crippen LogP contribution in [0, 0.1) is 6.92 Å². The molecule has 2 aromatic rings. The van der Waals surface area contributed by atoms with Crippen LogP contribution in [0.2, 0.25) is 0 Å². The number of nitrogens with zero attached hydrogens (tertiary/aromatic N) is 1. The van der Waals surface area contributed by atoms with Gasteiger partial charge >= 0.3 is 6.03 Å². The van der Waals surface area contributed by atoms with Gasteiger partial charge in [0.05, 0.1) is 5.69 Å². The molecule has 0 saturated carbocycles. The summed E-state index contributed by atoms with van der Waals surface area (Å²) in [6.07, 6.45) is 1.79. The summed E-state index contributed by atoms with van der Waals surface area (Å²) in [5.74, 6) is 0.798. The van der Waals surface area contributed by atoms with Crippen molar-refractivity contribution in [2.75, 3.05) is 12.1 Å². The highest BCUT2D eigenvalue weighted by Gasteiger charge is 2.16. The van der Waals surface area contributed by atoms with Gasteiger partial charge in [0, 0.05) is 12.6 Å². The number of benzene rings is 2. The SMILES string of the molecule is CCc1ccc(OCc2ccc(CC)cc2N(O)C(=O)NC)c(C)c1. The van der Waals surface area contributed by atoms with Crippen molar-refractivity contribution in [1.29, 1.82) is 0 Å². The Morgan fingerprint density at radius 2 is 1.76 bits per heavy atom. The average Bonchev–Trinajstić information content (AvgIpc) is 2.65. The molecule has 0 radical (unpaired) electrons. The lowest BCUT2D eigenvalue weighted by Gasteiger charge is -2.20. The van der Waals surface area contributed by atoms with E-state index in [2.05, 4.69) is 18.3 Å². The zero-order valence-electron chi connectivity index (χ0n) is 15.3. The highest BCUT2D eigenvalue weighted by Crippen LogP contribution is 2.26. The van der Waals surface area contributed by atoms with E-state index in [1.165, 1.54) is 12.6 Å². The summed E-state index contributed by atoms with van der Waals surface area (Å²) in [6, 6.07) is 11.2. The van der Waals surface area contributed by atoms with Gasteiger partial charge in [-0.2, -0.15) is 5.06 Å². The molecule has 0 fully saturated rings. The van der Waals surface area contributed by atoms with Gasteiger partial charge in [0.1, 0.15) is 12.4 Å². The summed E-state index contributed by atoms with van der Waals surface area (Å²) in [7, 11) is 1.48. The number of ether oxygens (including phenoxy) is 1. The molecule has 0 aliphatic rings. The van der Waals surface area contributed by atoms with Gasteiger partial charge < -0.3 is 10.1 Å². The van der Waals surface area contributed by atoms with Gasteiger partial charge in [-0.05, 0) is 48.6 Å². The molecule has 0 aromatic heterocycles. The minimum atomic E-state index is -0.585. The molecule has 5 heteroatoms. The summed E-state index contributed by atoms with van der Waals surface area (Å²) in [6.45, 7) is 6.42. The summed E-state index contributed by atoms with van der Waals surface area (Å²) in [5, 5.41) is 13.2. The van der Waals surface area contributed by atoms with E-state index in [1.54, 1.807) is 6.07 Å². The molecule has 0 aliphatic carbocycles. The fourth-order valence-electron chi connectivity index (χ4n) is 2.61. The van der Waals surface area contributed by atoms with Gasteiger partial charge in [-0.25, -0.2) is 4.79 Å². The van der Waals surface area contributed by atoms with Crippen LogP contribution in [0.3, 0.4) is 0 Å². The predicted molar refractivity (Wildman–Crippen MR) is 99.4 cm³/mol. The van der Waals surface area contributed by atoms with Crippen molar-refractivity contribution in [2.24, 2.45) is 0 Å². The second kappa shape index (κ2) is 8.53. The molecule has 2 aromatic carbocycles. The number of carbonyl (C=O) groups is 1. The molecule has 0 spiro atoms. The predicted octanol–water partition coefficient (Wildman–Crippen LogP) is 4.23. The van der Waals surface area contributed by atoms with Gasteiger partial charge in [-0.1, -0.05) is 38.1 Å². The van der Waals surface area contributed by atoms with Crippen LogP contribution >= 0.6 is 0 Å². The minimum absolute atomic E-state index is 0.264. The van der Waals surface area contributed by atoms with Crippen LogP contribution in [0.1, 0.15) is 36.1 Å². The van der Waals surface area contributed by atoms with Crippen molar-refractivity contribution >= 4 is 11.7 Å². The molecular weight excluding hydrogens is 316 g/mol. The number of amides is 2. The summed E-state index contributed by atoms with van der Waals surface area (Å²) < 4.78 is 5.93. The van der Waals surface area contributed by atoms with Crippen LogP contribution in [0.5, 0.6) is 5.75 Å². The second-order valence-corrected chi connectivity index (χ2v) is 5.93. The van der Waals surface area contributed by atoms with E-state index in [1.807, 2.05) is 38.1 Å². The Hall–Kier alpha value is -2.53. The molecule has 0 aliphatic heterocycles. The van der Waals surface area contributed by atoms with Gasteiger partial charge in [-0.15, -0.1) is 0 Å². The molecule has 134 valence electrons. The summed E-state index contributed by atoms with van der Waals surface area (Å²) in [4.78, 5) is 11.8. The van der Waals surface area contributed by atoms with E-state index in [0.717, 1.165) is 35.3 Å². The Bertz CT molecular complexity index is 744. The van der Waals surface area contributed by atoms with Crippen LogP contribution in [0.15, 0.2) is 36.4 Å². The molecule has 0 bridgehead atoms. The molecule has 2 amide bonds. The molecule has 2 rings (SSSR count). The molecule has 2 N–H and O–H groups in total. The zero-order chi connectivity index (χ0) is 18.4. The first-order chi connectivity index (χ1) is 12.0.